The number of nitrogens with one attached hydrogen (secondary N) is 2. The molecule has 0 aromatic carbocycles. The number of imidazole rings is 1. The highest BCUT2D eigenvalue weighted by Gasteiger charge is 2.30. The number of thiophene rings is 1. The third kappa shape index (κ3) is 4.52. The third-order valence-corrected chi connectivity index (χ3v) is 6.76. The van der Waals surface area contributed by atoms with Crippen LogP contribution in [0.4, 0.5) is 0 Å². The first-order valence-corrected chi connectivity index (χ1v) is 11.6. The van der Waals surface area contributed by atoms with Crippen molar-refractivity contribution in [1.82, 2.24) is 30.1 Å². The molecular weight excluding hydrogens is 422 g/mol. The Morgan fingerprint density at radius 2 is 2.28 bits per heavy atom. The van der Waals surface area contributed by atoms with Gasteiger partial charge in [-0.2, -0.15) is 5.26 Å². The molecule has 0 spiro atoms. The van der Waals surface area contributed by atoms with Crippen molar-refractivity contribution in [1.29, 1.82) is 5.26 Å². The molecule has 1 fully saturated rings. The SMILES string of the molecule is CNC(=O)/C=C(\c1ncc(CC#N)[nH]1)N1CCN(C(C)c2ccc3ccsc3n2)C[C@@H]1C. The molecule has 4 heterocycles. The standard InChI is InChI=1S/C23H27N7OS/c1-15-14-29(16(2)19-5-4-17-7-11-32-23(17)28-19)9-10-30(15)20(12-21(31)25-3)22-26-13-18(27-22)6-8-24/h4-5,7,11-13,15-16H,6,9-10,14H2,1-3H3,(H,25,31)(H,26,27)/b20-12+/t15-,16?/m0/s1. The van der Waals surface area contributed by atoms with Crippen LogP contribution in [0.5, 0.6) is 0 Å². The third-order valence-electron chi connectivity index (χ3n) is 5.94. The van der Waals surface area contributed by atoms with Gasteiger partial charge in [-0.25, -0.2) is 9.97 Å². The Morgan fingerprint density at radius 3 is 3.03 bits per heavy atom. The fourth-order valence-corrected chi connectivity index (χ4v) is 4.90. The first-order valence-electron chi connectivity index (χ1n) is 10.7. The molecule has 1 aliphatic rings. The molecule has 3 aromatic heterocycles. The number of aromatic amines is 1. The Kier molecular flexibility index (Phi) is 6.53. The summed E-state index contributed by atoms with van der Waals surface area (Å²) in [5.41, 5.74) is 2.56. The predicted molar refractivity (Wildman–Crippen MR) is 126 cm³/mol. The van der Waals surface area contributed by atoms with E-state index in [1.165, 1.54) is 5.39 Å². The summed E-state index contributed by atoms with van der Waals surface area (Å²) in [7, 11) is 1.61. The van der Waals surface area contributed by atoms with Crippen LogP contribution in [0.1, 0.15) is 37.1 Å². The number of hydrogen-bond donors (Lipinski definition) is 2. The van der Waals surface area contributed by atoms with Crippen LogP contribution < -0.4 is 5.32 Å². The summed E-state index contributed by atoms with van der Waals surface area (Å²) in [4.78, 5) is 30.4. The molecule has 8 nitrogen and oxygen atoms in total. The average Bonchev–Trinajstić information content (AvgIpc) is 3.46. The second-order valence-electron chi connectivity index (χ2n) is 8.00. The van der Waals surface area contributed by atoms with Crippen LogP contribution in [0.2, 0.25) is 0 Å². The number of nitrogens with zero attached hydrogens (tertiary/aromatic N) is 5. The van der Waals surface area contributed by atoms with Gasteiger partial charge in [-0.3, -0.25) is 9.69 Å². The Morgan fingerprint density at radius 1 is 1.44 bits per heavy atom. The van der Waals surface area contributed by atoms with E-state index in [1.54, 1.807) is 30.7 Å². The quantitative estimate of drug-likeness (QED) is 0.561. The van der Waals surface area contributed by atoms with Gasteiger partial charge in [0.05, 0.1) is 23.9 Å². The molecule has 1 aliphatic heterocycles. The van der Waals surface area contributed by atoms with Crippen LogP contribution >= 0.6 is 11.3 Å². The van der Waals surface area contributed by atoms with Gasteiger partial charge in [0.15, 0.2) is 5.82 Å². The summed E-state index contributed by atoms with van der Waals surface area (Å²) < 4.78 is 0. The van der Waals surface area contributed by atoms with Crippen molar-refractivity contribution in [2.75, 3.05) is 26.7 Å². The summed E-state index contributed by atoms with van der Waals surface area (Å²) >= 11 is 1.67. The number of pyridine rings is 1. The lowest BCUT2D eigenvalue weighted by Gasteiger charge is -2.44. The van der Waals surface area contributed by atoms with Crippen molar-refractivity contribution >= 4 is 33.2 Å². The van der Waals surface area contributed by atoms with Gasteiger partial charge in [-0.05, 0) is 31.4 Å². The normalized spacial score (nSPS) is 18.5. The van der Waals surface area contributed by atoms with Crippen LogP contribution in [-0.4, -0.2) is 63.4 Å². The molecule has 9 heteroatoms. The lowest BCUT2D eigenvalue weighted by Crippen LogP contribution is -2.51. The number of hydrogen-bond acceptors (Lipinski definition) is 7. The Bertz CT molecular complexity index is 1170. The van der Waals surface area contributed by atoms with Crippen molar-refractivity contribution in [2.45, 2.75) is 32.4 Å². The van der Waals surface area contributed by atoms with Crippen molar-refractivity contribution < 1.29 is 4.79 Å². The summed E-state index contributed by atoms with van der Waals surface area (Å²) in [6, 6.07) is 8.84. The maximum Gasteiger partial charge on any atom is 0.245 e. The summed E-state index contributed by atoms with van der Waals surface area (Å²) in [5, 5.41) is 14.9. The number of amides is 1. The lowest BCUT2D eigenvalue weighted by atomic mass is 10.1. The molecular formula is C23H27N7OS. The van der Waals surface area contributed by atoms with Gasteiger partial charge in [0, 0.05) is 62.1 Å². The monoisotopic (exact) mass is 449 g/mol. The van der Waals surface area contributed by atoms with Gasteiger partial charge in [0.1, 0.15) is 4.83 Å². The maximum absolute atomic E-state index is 12.2. The second kappa shape index (κ2) is 9.51. The lowest BCUT2D eigenvalue weighted by molar-refractivity contribution is -0.116. The van der Waals surface area contributed by atoms with E-state index in [0.717, 1.165) is 41.5 Å². The smallest absolute Gasteiger partial charge is 0.245 e. The molecule has 166 valence electrons. The van der Waals surface area contributed by atoms with Crippen LogP contribution in [0.25, 0.3) is 15.9 Å². The zero-order valence-corrected chi connectivity index (χ0v) is 19.3. The van der Waals surface area contributed by atoms with E-state index in [-0.39, 0.29) is 24.4 Å². The van der Waals surface area contributed by atoms with Gasteiger partial charge in [-0.1, -0.05) is 6.07 Å². The first-order chi connectivity index (χ1) is 15.5. The van der Waals surface area contributed by atoms with Gasteiger partial charge in [0.25, 0.3) is 0 Å². The van der Waals surface area contributed by atoms with Crippen molar-refractivity contribution in [2.24, 2.45) is 0 Å². The first kappa shape index (κ1) is 22.0. The Hall–Kier alpha value is -3.22. The minimum atomic E-state index is -0.185. The largest absolute Gasteiger partial charge is 0.363 e. The van der Waals surface area contributed by atoms with Crippen molar-refractivity contribution in [3.8, 4) is 6.07 Å². The predicted octanol–water partition coefficient (Wildman–Crippen LogP) is 2.94. The van der Waals surface area contributed by atoms with Crippen molar-refractivity contribution in [3.05, 3.63) is 53.1 Å². The Balaban J connectivity index is 1.53. The molecule has 3 aromatic rings. The molecule has 0 radical (unpaired) electrons. The van der Waals surface area contributed by atoms with Crippen LogP contribution in [0.15, 0.2) is 35.9 Å². The molecule has 4 rings (SSSR count). The topological polar surface area (TPSA) is 101 Å². The molecule has 1 amide bonds. The van der Waals surface area contributed by atoms with E-state index >= 15 is 0 Å². The highest BCUT2D eigenvalue weighted by atomic mass is 32.1. The van der Waals surface area contributed by atoms with Crippen molar-refractivity contribution in [3.63, 3.8) is 0 Å². The number of carbonyl (C=O) groups is 1. The van der Waals surface area contributed by atoms with Crippen LogP contribution in [0, 0.1) is 11.3 Å². The van der Waals surface area contributed by atoms with E-state index in [1.807, 2.05) is 0 Å². The number of carbonyl (C=O) groups excluding carboxylic acids is 1. The van der Waals surface area contributed by atoms with E-state index in [9.17, 15) is 4.79 Å². The highest BCUT2D eigenvalue weighted by Crippen LogP contribution is 2.29. The molecule has 2 N–H and O–H groups in total. The molecule has 2 atom stereocenters. The van der Waals surface area contributed by atoms with Crippen LogP contribution in [-0.2, 0) is 11.2 Å². The average molecular weight is 450 g/mol. The zero-order valence-electron chi connectivity index (χ0n) is 18.5. The van der Waals surface area contributed by atoms with E-state index in [4.69, 9.17) is 10.2 Å². The number of fused-ring (bicyclic) bond motifs is 1. The minimum Gasteiger partial charge on any atom is -0.363 e. The summed E-state index contributed by atoms with van der Waals surface area (Å²) in [6.45, 7) is 6.79. The number of likely N-dealkylation sites (N-methyl/N-ethyl adjacent to an activating group) is 1. The van der Waals surface area contributed by atoms with Gasteiger partial charge < -0.3 is 15.2 Å². The summed E-state index contributed by atoms with van der Waals surface area (Å²) in [6.07, 6.45) is 3.49. The molecule has 0 saturated carbocycles. The Labute approximate surface area is 191 Å². The molecule has 1 unspecified atom stereocenters. The number of piperazine rings is 1. The number of rotatable bonds is 6. The number of H-pyrrole nitrogens is 1. The second-order valence-corrected chi connectivity index (χ2v) is 8.89. The fraction of sp³-hybridized carbons (Fsp3) is 0.391. The van der Waals surface area contributed by atoms with E-state index < -0.39 is 0 Å². The number of nitriles is 1. The van der Waals surface area contributed by atoms with Gasteiger partial charge in [0.2, 0.25) is 5.91 Å². The molecule has 32 heavy (non-hydrogen) atoms. The fourth-order valence-electron chi connectivity index (χ4n) is 4.12. The highest BCUT2D eigenvalue weighted by molar-refractivity contribution is 7.16. The molecule has 1 saturated heterocycles. The van der Waals surface area contributed by atoms with E-state index in [0.29, 0.717) is 5.82 Å². The zero-order chi connectivity index (χ0) is 22.7. The number of aromatic nitrogens is 3. The summed E-state index contributed by atoms with van der Waals surface area (Å²) in [5.74, 6) is 0.423. The van der Waals surface area contributed by atoms with Gasteiger partial charge >= 0.3 is 0 Å². The maximum atomic E-state index is 12.2. The van der Waals surface area contributed by atoms with Crippen LogP contribution in [0.3, 0.4) is 0 Å². The molecule has 0 aliphatic carbocycles. The molecule has 0 bridgehead atoms. The van der Waals surface area contributed by atoms with Gasteiger partial charge in [-0.15, -0.1) is 11.3 Å². The minimum absolute atomic E-state index is 0.164. The van der Waals surface area contributed by atoms with E-state index in [2.05, 4.69) is 68.6 Å².